The summed E-state index contributed by atoms with van der Waals surface area (Å²) in [7, 11) is 4.15. The molecule has 0 fully saturated rings. The van der Waals surface area contributed by atoms with Gasteiger partial charge < -0.3 is 4.90 Å². The van der Waals surface area contributed by atoms with Gasteiger partial charge in [0.05, 0.1) is 5.84 Å². The second-order valence-electron chi connectivity index (χ2n) is 4.31. The van der Waals surface area contributed by atoms with Gasteiger partial charge in [0.15, 0.2) is 0 Å². The molecule has 0 spiro atoms. The van der Waals surface area contributed by atoms with Crippen molar-refractivity contribution in [3.8, 4) is 0 Å². The van der Waals surface area contributed by atoms with Crippen LogP contribution in [0.25, 0.3) is 0 Å². The number of aliphatic imine (C=N–C) groups is 1. The molecule has 0 aliphatic rings. The second-order valence-corrected chi connectivity index (χ2v) is 4.31. The molecule has 0 radical (unpaired) electrons. The van der Waals surface area contributed by atoms with E-state index in [-0.39, 0.29) is 0 Å². The van der Waals surface area contributed by atoms with Crippen LogP contribution < -0.4 is 0 Å². The Balaban J connectivity index is 3.42. The Morgan fingerprint density at radius 2 is 1.53 bits per heavy atom. The molecule has 15 heavy (non-hydrogen) atoms. The minimum Gasteiger partial charge on any atom is -0.367 e. The summed E-state index contributed by atoms with van der Waals surface area (Å²) in [6, 6.07) is 0. The second kappa shape index (κ2) is 10.0. The Morgan fingerprint density at radius 1 is 0.933 bits per heavy atom. The van der Waals surface area contributed by atoms with Gasteiger partial charge in [0.2, 0.25) is 0 Å². The topological polar surface area (TPSA) is 15.6 Å². The first-order valence-electron chi connectivity index (χ1n) is 6.43. The summed E-state index contributed by atoms with van der Waals surface area (Å²) in [4.78, 5) is 6.72. The summed E-state index contributed by atoms with van der Waals surface area (Å²) in [6.07, 6.45) is 9.14. The molecule has 0 bridgehead atoms. The zero-order valence-electron chi connectivity index (χ0n) is 11.1. The Labute approximate surface area is 95.8 Å². The third-order valence-corrected chi connectivity index (χ3v) is 2.64. The van der Waals surface area contributed by atoms with Crippen molar-refractivity contribution in [2.45, 2.75) is 58.8 Å². The van der Waals surface area contributed by atoms with E-state index in [1.54, 1.807) is 0 Å². The van der Waals surface area contributed by atoms with Crippen molar-refractivity contribution in [1.82, 2.24) is 4.90 Å². The number of hydrogen-bond acceptors (Lipinski definition) is 1. The maximum atomic E-state index is 4.60. The zero-order valence-corrected chi connectivity index (χ0v) is 11.1. The first-order chi connectivity index (χ1) is 7.22. The normalized spacial score (nSPS) is 11.9. The lowest BCUT2D eigenvalue weighted by atomic mass is 10.1. The Bertz CT molecular complexity index is 162. The van der Waals surface area contributed by atoms with Gasteiger partial charge in [-0.2, -0.15) is 0 Å². The number of hydrogen-bond donors (Lipinski definition) is 0. The van der Waals surface area contributed by atoms with Gasteiger partial charge in [-0.1, -0.05) is 46.0 Å². The summed E-state index contributed by atoms with van der Waals surface area (Å²) in [5.41, 5.74) is 0. The smallest absolute Gasteiger partial charge is 0.0980 e. The van der Waals surface area contributed by atoms with E-state index in [9.17, 15) is 0 Å². The molecule has 0 aromatic carbocycles. The molecule has 0 unspecified atom stereocenters. The fraction of sp³-hybridized carbons (Fsp3) is 0.923. The molecule has 2 heteroatoms. The number of rotatable bonds is 8. The van der Waals surface area contributed by atoms with Crippen molar-refractivity contribution in [3.05, 3.63) is 0 Å². The van der Waals surface area contributed by atoms with Crippen molar-refractivity contribution < 1.29 is 0 Å². The van der Waals surface area contributed by atoms with Gasteiger partial charge in [0.25, 0.3) is 0 Å². The molecular formula is C13H28N2. The Morgan fingerprint density at radius 3 is 2.07 bits per heavy atom. The zero-order chi connectivity index (χ0) is 11.5. The molecule has 0 amide bonds. The monoisotopic (exact) mass is 212 g/mol. The fourth-order valence-corrected chi connectivity index (χ4v) is 1.67. The van der Waals surface area contributed by atoms with Gasteiger partial charge >= 0.3 is 0 Å². The maximum absolute atomic E-state index is 4.60. The number of amidine groups is 1. The van der Waals surface area contributed by atoms with Crippen LogP contribution in [-0.2, 0) is 0 Å². The molecule has 90 valence electrons. The van der Waals surface area contributed by atoms with E-state index in [1.165, 1.54) is 44.4 Å². The average Bonchev–Trinajstić information content (AvgIpc) is 2.21. The Hall–Kier alpha value is -0.530. The average molecular weight is 212 g/mol. The molecule has 0 aliphatic carbocycles. The summed E-state index contributed by atoms with van der Waals surface area (Å²) >= 11 is 0. The predicted molar refractivity (Wildman–Crippen MR) is 69.7 cm³/mol. The van der Waals surface area contributed by atoms with Gasteiger partial charge in [0, 0.05) is 27.1 Å². The summed E-state index contributed by atoms with van der Waals surface area (Å²) in [5.74, 6) is 1.23. The minimum absolute atomic E-state index is 1.01. The fourth-order valence-electron chi connectivity index (χ4n) is 1.67. The van der Waals surface area contributed by atoms with Gasteiger partial charge in [-0.05, 0) is 6.42 Å². The molecule has 0 N–H and O–H groups in total. The van der Waals surface area contributed by atoms with Crippen molar-refractivity contribution in [3.63, 3.8) is 0 Å². The maximum Gasteiger partial charge on any atom is 0.0980 e. The van der Waals surface area contributed by atoms with Crippen LogP contribution >= 0.6 is 0 Å². The lowest BCUT2D eigenvalue weighted by molar-refractivity contribution is 0.588. The van der Waals surface area contributed by atoms with E-state index >= 15 is 0 Å². The standard InChI is InChI=1S/C13H28N2/c1-5-7-8-9-10-11-12-14-13(6-2)15(3)4/h5-12H2,1-4H3. The molecular weight excluding hydrogens is 184 g/mol. The molecule has 0 rings (SSSR count). The van der Waals surface area contributed by atoms with Crippen LogP contribution in [0.15, 0.2) is 4.99 Å². The lowest BCUT2D eigenvalue weighted by Gasteiger charge is -2.13. The van der Waals surface area contributed by atoms with Gasteiger partial charge in [-0.3, -0.25) is 4.99 Å². The van der Waals surface area contributed by atoms with Gasteiger partial charge in [-0.15, -0.1) is 0 Å². The molecule has 0 aromatic heterocycles. The SMILES string of the molecule is CCCCCCCCN=C(CC)N(C)C. The first kappa shape index (κ1) is 14.5. The van der Waals surface area contributed by atoms with Crippen LogP contribution in [0.5, 0.6) is 0 Å². The van der Waals surface area contributed by atoms with E-state index in [2.05, 4.69) is 37.8 Å². The molecule has 0 heterocycles. The molecule has 0 atom stereocenters. The van der Waals surface area contributed by atoms with Gasteiger partial charge in [0.1, 0.15) is 0 Å². The molecule has 0 aromatic rings. The first-order valence-corrected chi connectivity index (χ1v) is 6.43. The van der Waals surface area contributed by atoms with E-state index in [1.807, 2.05) is 0 Å². The van der Waals surface area contributed by atoms with E-state index in [0.29, 0.717) is 0 Å². The third kappa shape index (κ3) is 8.46. The molecule has 0 aliphatic heterocycles. The van der Waals surface area contributed by atoms with Crippen LogP contribution in [0.4, 0.5) is 0 Å². The summed E-state index contributed by atoms with van der Waals surface area (Å²) in [6.45, 7) is 5.43. The highest BCUT2D eigenvalue weighted by Crippen LogP contribution is 2.05. The van der Waals surface area contributed by atoms with Crippen LogP contribution in [-0.4, -0.2) is 31.4 Å². The van der Waals surface area contributed by atoms with Gasteiger partial charge in [-0.25, -0.2) is 0 Å². The van der Waals surface area contributed by atoms with Crippen molar-refractivity contribution in [2.75, 3.05) is 20.6 Å². The highest BCUT2D eigenvalue weighted by Gasteiger charge is 1.96. The third-order valence-electron chi connectivity index (χ3n) is 2.64. The van der Waals surface area contributed by atoms with Crippen LogP contribution in [0, 0.1) is 0 Å². The van der Waals surface area contributed by atoms with Crippen LogP contribution in [0.1, 0.15) is 58.8 Å². The van der Waals surface area contributed by atoms with E-state index in [0.717, 1.165) is 13.0 Å². The largest absolute Gasteiger partial charge is 0.367 e. The highest BCUT2D eigenvalue weighted by atomic mass is 15.1. The van der Waals surface area contributed by atoms with E-state index < -0.39 is 0 Å². The van der Waals surface area contributed by atoms with Crippen LogP contribution in [0.2, 0.25) is 0 Å². The molecule has 2 nitrogen and oxygen atoms in total. The van der Waals surface area contributed by atoms with Crippen LogP contribution in [0.3, 0.4) is 0 Å². The minimum atomic E-state index is 1.01. The van der Waals surface area contributed by atoms with Crippen molar-refractivity contribution in [1.29, 1.82) is 0 Å². The lowest BCUT2D eigenvalue weighted by Crippen LogP contribution is -2.21. The highest BCUT2D eigenvalue weighted by molar-refractivity contribution is 5.81. The summed E-state index contributed by atoms with van der Waals surface area (Å²) < 4.78 is 0. The number of unbranched alkanes of at least 4 members (excludes halogenated alkanes) is 5. The quantitative estimate of drug-likeness (QED) is 0.340. The predicted octanol–water partition coefficient (Wildman–Crippen LogP) is 3.72. The molecule has 0 saturated carbocycles. The number of nitrogens with zero attached hydrogens (tertiary/aromatic N) is 2. The summed E-state index contributed by atoms with van der Waals surface area (Å²) in [5, 5.41) is 0. The Kier molecular flexibility index (Phi) is 9.65. The van der Waals surface area contributed by atoms with Crippen molar-refractivity contribution >= 4 is 5.84 Å². The molecule has 0 saturated heterocycles. The van der Waals surface area contributed by atoms with E-state index in [4.69, 9.17) is 0 Å². The van der Waals surface area contributed by atoms with Crippen molar-refractivity contribution in [2.24, 2.45) is 4.99 Å².